The van der Waals surface area contributed by atoms with Gasteiger partial charge in [-0.25, -0.2) is 0 Å². The molecule has 1 saturated heterocycles. The van der Waals surface area contributed by atoms with Crippen LogP contribution in [0.1, 0.15) is 44.1 Å². The van der Waals surface area contributed by atoms with E-state index in [4.69, 9.17) is 0 Å². The molecule has 1 unspecified atom stereocenters. The summed E-state index contributed by atoms with van der Waals surface area (Å²) in [5.74, 6) is 1.17. The second-order valence-electron chi connectivity index (χ2n) is 7.47. The molecule has 3 rings (SSSR count). The zero-order valence-corrected chi connectivity index (χ0v) is 15.8. The van der Waals surface area contributed by atoms with Crippen molar-refractivity contribution in [2.75, 3.05) is 39.3 Å². The zero-order valence-electron chi connectivity index (χ0n) is 15.8. The number of piperazine rings is 1. The van der Waals surface area contributed by atoms with Crippen LogP contribution in [0.25, 0.3) is 0 Å². The number of hydrogen-bond acceptors (Lipinski definition) is 3. The molecule has 1 aliphatic carbocycles. The molecule has 2 aliphatic rings. The predicted octanol–water partition coefficient (Wildman–Crippen LogP) is 2.24. The number of nitrogens with zero attached hydrogens (tertiary/aromatic N) is 2. The summed E-state index contributed by atoms with van der Waals surface area (Å²) in [6.45, 7) is 7.15. The van der Waals surface area contributed by atoms with Gasteiger partial charge in [0.25, 0.3) is 0 Å². The van der Waals surface area contributed by atoms with Crippen molar-refractivity contribution in [3.63, 3.8) is 0 Å². The third kappa shape index (κ3) is 5.31. The van der Waals surface area contributed by atoms with Gasteiger partial charge in [0.05, 0.1) is 0 Å². The molecule has 0 spiro atoms. The predicted molar refractivity (Wildman–Crippen MR) is 103 cm³/mol. The van der Waals surface area contributed by atoms with Crippen LogP contribution >= 0.6 is 0 Å². The highest BCUT2D eigenvalue weighted by Crippen LogP contribution is 2.44. The molecule has 5 nitrogen and oxygen atoms in total. The molecule has 1 saturated carbocycles. The van der Waals surface area contributed by atoms with Crippen molar-refractivity contribution < 1.29 is 9.59 Å². The summed E-state index contributed by atoms with van der Waals surface area (Å²) in [7, 11) is 0. The van der Waals surface area contributed by atoms with Crippen molar-refractivity contribution in [2.45, 2.75) is 38.5 Å². The van der Waals surface area contributed by atoms with E-state index in [-0.39, 0.29) is 11.8 Å². The summed E-state index contributed by atoms with van der Waals surface area (Å²) in [5.41, 5.74) is 1.26. The molecule has 142 valence electrons. The van der Waals surface area contributed by atoms with Crippen LogP contribution in [0.4, 0.5) is 0 Å². The molecule has 0 radical (unpaired) electrons. The molecule has 26 heavy (non-hydrogen) atoms. The van der Waals surface area contributed by atoms with Crippen LogP contribution in [0.15, 0.2) is 30.3 Å². The Kier molecular flexibility index (Phi) is 6.67. The van der Waals surface area contributed by atoms with Crippen molar-refractivity contribution in [1.82, 2.24) is 15.1 Å². The van der Waals surface area contributed by atoms with Crippen molar-refractivity contribution >= 4 is 11.8 Å². The minimum Gasteiger partial charge on any atom is -0.356 e. The standard InChI is InChI=1S/C21H31N3O2/c1-2-23-12-14-24(15-13-23)21(26)10-11-22-20(25)16-19(18-8-9-18)17-6-4-3-5-7-17/h3-7,18-19H,2,8-16H2,1H3,(H,22,25). The van der Waals surface area contributed by atoms with Gasteiger partial charge in [0, 0.05) is 45.6 Å². The lowest BCUT2D eigenvalue weighted by atomic mass is 9.91. The number of amides is 2. The van der Waals surface area contributed by atoms with E-state index in [1.165, 1.54) is 18.4 Å². The highest BCUT2D eigenvalue weighted by molar-refractivity contribution is 5.79. The number of nitrogens with one attached hydrogen (secondary N) is 1. The maximum absolute atomic E-state index is 12.4. The second-order valence-corrected chi connectivity index (χ2v) is 7.47. The minimum absolute atomic E-state index is 0.0642. The summed E-state index contributed by atoms with van der Waals surface area (Å²) >= 11 is 0. The lowest BCUT2D eigenvalue weighted by molar-refractivity contribution is -0.132. The fraction of sp³-hybridized carbons (Fsp3) is 0.619. The molecule has 1 atom stereocenters. The van der Waals surface area contributed by atoms with Crippen LogP contribution in [0, 0.1) is 5.92 Å². The Morgan fingerprint density at radius 1 is 1.12 bits per heavy atom. The van der Waals surface area contributed by atoms with Gasteiger partial charge in [0.2, 0.25) is 11.8 Å². The fourth-order valence-electron chi connectivity index (χ4n) is 3.81. The van der Waals surface area contributed by atoms with E-state index in [9.17, 15) is 9.59 Å². The van der Waals surface area contributed by atoms with Crippen LogP contribution in [0.3, 0.4) is 0 Å². The van der Waals surface area contributed by atoms with E-state index >= 15 is 0 Å². The normalized spacial score (nSPS) is 19.2. The van der Waals surface area contributed by atoms with E-state index < -0.39 is 0 Å². The third-order valence-electron chi connectivity index (χ3n) is 5.66. The van der Waals surface area contributed by atoms with Crippen molar-refractivity contribution in [2.24, 2.45) is 5.92 Å². The van der Waals surface area contributed by atoms with Gasteiger partial charge in [0.15, 0.2) is 0 Å². The van der Waals surface area contributed by atoms with Gasteiger partial charge in [-0.05, 0) is 36.8 Å². The molecule has 1 aromatic carbocycles. The number of carbonyl (C=O) groups excluding carboxylic acids is 2. The molecule has 1 heterocycles. The van der Waals surface area contributed by atoms with E-state index in [0.29, 0.717) is 31.2 Å². The maximum atomic E-state index is 12.4. The number of rotatable bonds is 8. The molecule has 1 aromatic rings. The first-order valence-electron chi connectivity index (χ1n) is 9.99. The second kappa shape index (κ2) is 9.17. The molecular formula is C21H31N3O2. The van der Waals surface area contributed by atoms with Gasteiger partial charge in [-0.2, -0.15) is 0 Å². The van der Waals surface area contributed by atoms with E-state index in [2.05, 4.69) is 29.3 Å². The van der Waals surface area contributed by atoms with Gasteiger partial charge >= 0.3 is 0 Å². The van der Waals surface area contributed by atoms with Gasteiger partial charge in [0.1, 0.15) is 0 Å². The van der Waals surface area contributed by atoms with E-state index in [1.54, 1.807) is 0 Å². The Labute approximate surface area is 156 Å². The largest absolute Gasteiger partial charge is 0.356 e. The highest BCUT2D eigenvalue weighted by Gasteiger charge is 2.33. The van der Waals surface area contributed by atoms with Gasteiger partial charge in [-0.1, -0.05) is 37.3 Å². The van der Waals surface area contributed by atoms with Crippen LogP contribution in [-0.4, -0.2) is 60.9 Å². The third-order valence-corrected chi connectivity index (χ3v) is 5.66. The Morgan fingerprint density at radius 3 is 2.42 bits per heavy atom. The van der Waals surface area contributed by atoms with Crippen molar-refractivity contribution in [3.8, 4) is 0 Å². The topological polar surface area (TPSA) is 52.6 Å². The smallest absolute Gasteiger partial charge is 0.224 e. The summed E-state index contributed by atoms with van der Waals surface area (Å²) < 4.78 is 0. The number of likely N-dealkylation sites (N-methyl/N-ethyl adjacent to an activating group) is 1. The van der Waals surface area contributed by atoms with Crippen LogP contribution in [0.5, 0.6) is 0 Å². The molecule has 2 fully saturated rings. The summed E-state index contributed by atoms with van der Waals surface area (Å²) in [5, 5.41) is 2.96. The van der Waals surface area contributed by atoms with Gasteiger partial charge in [-0.15, -0.1) is 0 Å². The number of hydrogen-bond donors (Lipinski definition) is 1. The number of benzene rings is 1. The van der Waals surface area contributed by atoms with Gasteiger partial charge in [-0.3, -0.25) is 9.59 Å². The first kappa shape index (κ1) is 18.9. The quantitative estimate of drug-likeness (QED) is 0.776. The van der Waals surface area contributed by atoms with Crippen LogP contribution in [0.2, 0.25) is 0 Å². The zero-order chi connectivity index (χ0) is 18.4. The van der Waals surface area contributed by atoms with Crippen molar-refractivity contribution in [1.29, 1.82) is 0 Å². The van der Waals surface area contributed by atoms with Crippen LogP contribution < -0.4 is 5.32 Å². The molecule has 0 aromatic heterocycles. The first-order valence-corrected chi connectivity index (χ1v) is 9.99. The molecule has 2 amide bonds. The lowest BCUT2D eigenvalue weighted by Crippen LogP contribution is -2.49. The summed E-state index contributed by atoms with van der Waals surface area (Å²) in [6, 6.07) is 10.3. The Balaban J connectivity index is 1.39. The molecular weight excluding hydrogens is 326 g/mol. The monoisotopic (exact) mass is 357 g/mol. The van der Waals surface area contributed by atoms with Crippen LogP contribution in [-0.2, 0) is 9.59 Å². The van der Waals surface area contributed by atoms with E-state index in [0.717, 1.165) is 32.7 Å². The number of carbonyl (C=O) groups is 2. The molecule has 0 bridgehead atoms. The summed E-state index contributed by atoms with van der Waals surface area (Å²) in [6.07, 6.45) is 3.36. The minimum atomic E-state index is 0.0642. The first-order chi connectivity index (χ1) is 12.7. The fourth-order valence-corrected chi connectivity index (χ4v) is 3.81. The molecule has 5 heteroatoms. The van der Waals surface area contributed by atoms with E-state index in [1.807, 2.05) is 23.1 Å². The average molecular weight is 357 g/mol. The molecule has 1 aliphatic heterocycles. The molecule has 1 N–H and O–H groups in total. The SMILES string of the molecule is CCN1CCN(C(=O)CCNC(=O)CC(c2ccccc2)C2CC2)CC1. The Morgan fingerprint density at radius 2 is 1.81 bits per heavy atom. The van der Waals surface area contributed by atoms with Crippen molar-refractivity contribution in [3.05, 3.63) is 35.9 Å². The maximum Gasteiger partial charge on any atom is 0.224 e. The summed E-state index contributed by atoms with van der Waals surface area (Å²) in [4.78, 5) is 28.9. The Hall–Kier alpha value is -1.88. The lowest BCUT2D eigenvalue weighted by Gasteiger charge is -2.34. The van der Waals surface area contributed by atoms with Gasteiger partial charge < -0.3 is 15.1 Å². The highest BCUT2D eigenvalue weighted by atomic mass is 16.2. The Bertz CT molecular complexity index is 593. The average Bonchev–Trinajstić information content (AvgIpc) is 3.52.